The van der Waals surface area contributed by atoms with E-state index in [9.17, 15) is 5.21 Å². The molecule has 0 radical (unpaired) electrons. The summed E-state index contributed by atoms with van der Waals surface area (Å²) >= 11 is 0. The highest BCUT2D eigenvalue weighted by Crippen LogP contribution is 2.30. The number of hydrogen-bond donors (Lipinski definition) is 1. The average Bonchev–Trinajstić information content (AvgIpc) is 2.22. The molecule has 0 atom stereocenters. The molecule has 88 valence electrons. The van der Waals surface area contributed by atoms with Gasteiger partial charge in [-0.05, 0) is 18.8 Å². The second-order valence-electron chi connectivity index (χ2n) is 5.46. The van der Waals surface area contributed by atoms with Gasteiger partial charge in [0.1, 0.15) is 19.6 Å². The predicted molar refractivity (Wildman–Crippen MR) is 58.6 cm³/mol. The maximum atomic E-state index is 10.3. The van der Waals surface area contributed by atoms with Gasteiger partial charge in [-0.2, -0.15) is 4.65 Å². The predicted octanol–water partition coefficient (Wildman–Crippen LogP) is 2.05. The van der Waals surface area contributed by atoms with Crippen molar-refractivity contribution < 1.29 is 14.6 Å². The number of nitrogens with zero attached hydrogens (tertiary/aromatic N) is 1. The summed E-state index contributed by atoms with van der Waals surface area (Å²) in [5.74, 6) is 1.64. The number of rotatable bonds is 2. The van der Waals surface area contributed by atoms with Crippen LogP contribution in [-0.4, -0.2) is 42.7 Å². The van der Waals surface area contributed by atoms with Crippen molar-refractivity contribution in [1.29, 1.82) is 0 Å². The second-order valence-corrected chi connectivity index (χ2v) is 5.46. The smallest absolute Gasteiger partial charge is 0.132 e. The highest BCUT2D eigenvalue weighted by molar-refractivity contribution is 4.69. The van der Waals surface area contributed by atoms with E-state index in [0.29, 0.717) is 0 Å². The van der Waals surface area contributed by atoms with Crippen LogP contribution in [0.3, 0.4) is 0 Å². The molecule has 2 fully saturated rings. The summed E-state index contributed by atoms with van der Waals surface area (Å²) in [7, 11) is 0. The van der Waals surface area contributed by atoms with Crippen LogP contribution < -0.4 is 0 Å². The van der Waals surface area contributed by atoms with Crippen molar-refractivity contribution in [2.75, 3.05) is 32.8 Å². The molecule has 0 amide bonds. The van der Waals surface area contributed by atoms with Gasteiger partial charge < -0.3 is 4.74 Å². The van der Waals surface area contributed by atoms with Crippen molar-refractivity contribution in [3.63, 3.8) is 0 Å². The molecule has 1 heterocycles. The first kappa shape index (κ1) is 11.4. The molecule has 0 aromatic heterocycles. The number of ether oxygens (including phenoxy) is 1. The van der Waals surface area contributed by atoms with Gasteiger partial charge in [-0.3, -0.25) is 0 Å². The largest absolute Gasteiger partial charge is 0.370 e. The Bertz CT molecular complexity index is 194. The first-order valence-corrected chi connectivity index (χ1v) is 6.34. The van der Waals surface area contributed by atoms with Gasteiger partial charge in [-0.1, -0.05) is 19.8 Å². The fourth-order valence-electron chi connectivity index (χ4n) is 2.86. The minimum absolute atomic E-state index is 0.263. The van der Waals surface area contributed by atoms with Gasteiger partial charge in [-0.25, -0.2) is 5.21 Å². The van der Waals surface area contributed by atoms with Gasteiger partial charge in [0.05, 0.1) is 13.2 Å². The van der Waals surface area contributed by atoms with E-state index >= 15 is 0 Å². The normalized spacial score (nSPS) is 36.4. The minimum atomic E-state index is 0.263. The first-order chi connectivity index (χ1) is 7.18. The third-order valence-corrected chi connectivity index (χ3v) is 4.04. The van der Waals surface area contributed by atoms with Crippen molar-refractivity contribution in [2.45, 2.75) is 32.6 Å². The third kappa shape index (κ3) is 3.16. The zero-order chi connectivity index (χ0) is 10.7. The monoisotopic (exact) mass is 214 g/mol. The van der Waals surface area contributed by atoms with E-state index in [1.165, 1.54) is 25.7 Å². The van der Waals surface area contributed by atoms with E-state index in [1.807, 2.05) is 0 Å². The quantitative estimate of drug-likeness (QED) is 0.713. The van der Waals surface area contributed by atoms with E-state index in [4.69, 9.17) is 4.74 Å². The SMILES string of the molecule is CC1CCC(C[N+]2(O)CCOCC2)CC1. The van der Waals surface area contributed by atoms with Crippen LogP contribution in [0.15, 0.2) is 0 Å². The maximum absolute atomic E-state index is 10.3. The van der Waals surface area contributed by atoms with Crippen molar-refractivity contribution in [1.82, 2.24) is 0 Å². The van der Waals surface area contributed by atoms with Crippen LogP contribution in [0.2, 0.25) is 0 Å². The van der Waals surface area contributed by atoms with Crippen LogP contribution in [0.4, 0.5) is 0 Å². The fourth-order valence-corrected chi connectivity index (χ4v) is 2.86. The highest BCUT2D eigenvalue weighted by Gasteiger charge is 2.33. The first-order valence-electron chi connectivity index (χ1n) is 6.34. The van der Waals surface area contributed by atoms with Gasteiger partial charge in [-0.15, -0.1) is 0 Å². The lowest BCUT2D eigenvalue weighted by Gasteiger charge is -2.37. The van der Waals surface area contributed by atoms with Gasteiger partial charge in [0.25, 0.3) is 0 Å². The van der Waals surface area contributed by atoms with Crippen LogP contribution in [0.1, 0.15) is 32.6 Å². The Morgan fingerprint density at radius 2 is 1.73 bits per heavy atom. The van der Waals surface area contributed by atoms with Crippen LogP contribution >= 0.6 is 0 Å². The molecule has 15 heavy (non-hydrogen) atoms. The molecule has 1 saturated heterocycles. The Labute approximate surface area is 92.6 Å². The van der Waals surface area contributed by atoms with Crippen LogP contribution in [0.25, 0.3) is 0 Å². The molecule has 2 rings (SSSR count). The number of hydrogen-bond acceptors (Lipinski definition) is 2. The fraction of sp³-hybridized carbons (Fsp3) is 1.00. The van der Waals surface area contributed by atoms with Crippen molar-refractivity contribution in [3.8, 4) is 0 Å². The Morgan fingerprint density at radius 3 is 2.33 bits per heavy atom. The summed E-state index contributed by atoms with van der Waals surface area (Å²) in [5.41, 5.74) is 0. The van der Waals surface area contributed by atoms with Gasteiger partial charge >= 0.3 is 0 Å². The topological polar surface area (TPSA) is 29.5 Å². The lowest BCUT2D eigenvalue weighted by atomic mass is 9.82. The third-order valence-electron chi connectivity index (χ3n) is 4.04. The number of hydroxylamine groups is 3. The number of morpholine rings is 1. The van der Waals surface area contributed by atoms with Gasteiger partial charge in [0.15, 0.2) is 0 Å². The number of quaternary nitrogens is 1. The Morgan fingerprint density at radius 1 is 1.13 bits per heavy atom. The van der Waals surface area contributed by atoms with Gasteiger partial charge in [0, 0.05) is 5.92 Å². The summed E-state index contributed by atoms with van der Waals surface area (Å²) in [6.07, 6.45) is 5.31. The summed E-state index contributed by atoms with van der Waals surface area (Å²) < 4.78 is 5.56. The molecule has 1 aliphatic carbocycles. The highest BCUT2D eigenvalue weighted by atomic mass is 16.6. The summed E-state index contributed by atoms with van der Waals surface area (Å²) in [6.45, 7) is 6.31. The molecular formula is C12H24NO2+. The van der Waals surface area contributed by atoms with Crippen LogP contribution in [0, 0.1) is 11.8 Å². The Balaban J connectivity index is 1.80. The van der Waals surface area contributed by atoms with E-state index in [0.717, 1.165) is 44.7 Å². The summed E-state index contributed by atoms with van der Waals surface area (Å²) in [4.78, 5) is 0. The van der Waals surface area contributed by atoms with Crippen molar-refractivity contribution >= 4 is 0 Å². The second kappa shape index (κ2) is 4.81. The standard InChI is InChI=1S/C12H24NO2/c1-11-2-4-12(5-3-11)10-13(14)6-8-15-9-7-13/h11-12,14H,2-10H2,1H3/q+1. The average molecular weight is 214 g/mol. The Hall–Kier alpha value is -0.120. The van der Waals surface area contributed by atoms with Crippen molar-refractivity contribution in [3.05, 3.63) is 0 Å². The van der Waals surface area contributed by atoms with E-state index < -0.39 is 0 Å². The summed E-state index contributed by atoms with van der Waals surface area (Å²) in [5, 5.41) is 10.3. The molecule has 3 nitrogen and oxygen atoms in total. The lowest BCUT2D eigenvalue weighted by Crippen LogP contribution is -2.54. The minimum Gasteiger partial charge on any atom is -0.370 e. The molecular weight excluding hydrogens is 190 g/mol. The summed E-state index contributed by atoms with van der Waals surface area (Å²) in [6, 6.07) is 0. The molecule has 0 unspecified atom stereocenters. The Kier molecular flexibility index (Phi) is 3.65. The van der Waals surface area contributed by atoms with Crippen LogP contribution in [0.5, 0.6) is 0 Å². The molecule has 0 aromatic carbocycles. The van der Waals surface area contributed by atoms with E-state index in [2.05, 4.69) is 6.92 Å². The maximum Gasteiger partial charge on any atom is 0.132 e. The molecule has 0 spiro atoms. The zero-order valence-corrected chi connectivity index (χ0v) is 9.82. The molecule has 2 aliphatic rings. The van der Waals surface area contributed by atoms with E-state index in [1.54, 1.807) is 0 Å². The molecule has 0 aromatic rings. The lowest BCUT2D eigenvalue weighted by molar-refractivity contribution is -1.11. The molecule has 3 heteroatoms. The van der Waals surface area contributed by atoms with Crippen molar-refractivity contribution in [2.24, 2.45) is 11.8 Å². The van der Waals surface area contributed by atoms with Crippen LogP contribution in [-0.2, 0) is 4.74 Å². The molecule has 0 bridgehead atoms. The molecule has 1 saturated carbocycles. The van der Waals surface area contributed by atoms with E-state index in [-0.39, 0.29) is 4.65 Å². The molecule has 1 N–H and O–H groups in total. The zero-order valence-electron chi connectivity index (χ0n) is 9.82. The molecule has 1 aliphatic heterocycles. The van der Waals surface area contributed by atoms with Gasteiger partial charge in [0.2, 0.25) is 0 Å².